The molecule has 2 heterocycles. The number of carbonyl (C=O) groups excluding carboxylic acids is 2. The van der Waals surface area contributed by atoms with Crippen molar-refractivity contribution in [2.75, 3.05) is 5.32 Å². The fourth-order valence-corrected chi connectivity index (χ4v) is 1.99. The first-order valence-corrected chi connectivity index (χ1v) is 5.35. The average molecular weight is 245 g/mol. The van der Waals surface area contributed by atoms with E-state index >= 15 is 0 Å². The molecule has 4 nitrogen and oxygen atoms in total. The Balaban J connectivity index is 2.10. The van der Waals surface area contributed by atoms with Crippen LogP contribution in [-0.4, -0.2) is 12.2 Å². The van der Waals surface area contributed by atoms with Crippen molar-refractivity contribution < 1.29 is 18.4 Å². The predicted octanol–water partition coefficient (Wildman–Crippen LogP) is 2.39. The van der Waals surface area contributed by atoms with Crippen molar-refractivity contribution in [2.45, 2.75) is 6.42 Å². The average Bonchev–Trinajstić information content (AvgIpc) is 2.92. The molecule has 0 spiro atoms. The maximum Gasteiger partial charge on any atom is 0.228 e. The van der Waals surface area contributed by atoms with E-state index in [4.69, 9.17) is 4.42 Å². The molecule has 0 saturated carbocycles. The lowest BCUT2D eigenvalue weighted by molar-refractivity contribution is -0.115. The molecule has 0 fully saturated rings. The van der Waals surface area contributed by atoms with Crippen molar-refractivity contribution in [1.29, 1.82) is 0 Å². The van der Waals surface area contributed by atoms with Gasteiger partial charge in [-0.25, -0.2) is 4.39 Å². The Morgan fingerprint density at radius 3 is 2.89 bits per heavy atom. The molecule has 0 saturated heterocycles. The van der Waals surface area contributed by atoms with Crippen LogP contribution in [0.5, 0.6) is 0 Å². The number of carbonyl (C=O) groups is 2. The molecule has 1 aliphatic heterocycles. The monoisotopic (exact) mass is 245 g/mol. The van der Waals surface area contributed by atoms with Crippen LogP contribution in [-0.2, 0) is 11.2 Å². The van der Waals surface area contributed by atoms with E-state index in [0.717, 1.165) is 0 Å². The number of fused-ring (bicyclic) bond motifs is 1. The van der Waals surface area contributed by atoms with Gasteiger partial charge in [-0.2, -0.15) is 0 Å². The summed E-state index contributed by atoms with van der Waals surface area (Å²) in [6.45, 7) is 0. The number of furan rings is 1. The van der Waals surface area contributed by atoms with Gasteiger partial charge in [-0.05, 0) is 29.8 Å². The van der Waals surface area contributed by atoms with Crippen molar-refractivity contribution in [2.24, 2.45) is 0 Å². The number of aldehydes is 1. The summed E-state index contributed by atoms with van der Waals surface area (Å²) in [5.74, 6) is -0.237. The van der Waals surface area contributed by atoms with Crippen molar-refractivity contribution in [3.63, 3.8) is 0 Å². The van der Waals surface area contributed by atoms with Gasteiger partial charge >= 0.3 is 0 Å². The maximum atomic E-state index is 13.9. The lowest BCUT2D eigenvalue weighted by Gasteiger charge is -2.03. The molecule has 1 amide bonds. The summed E-state index contributed by atoms with van der Waals surface area (Å²) in [5.41, 5.74) is 1.44. The summed E-state index contributed by atoms with van der Waals surface area (Å²) < 4.78 is 19.0. The van der Waals surface area contributed by atoms with Gasteiger partial charge in [0.2, 0.25) is 5.91 Å². The van der Waals surface area contributed by atoms with Gasteiger partial charge in [-0.3, -0.25) is 9.59 Å². The number of anilines is 1. The minimum Gasteiger partial charge on any atom is -0.453 e. The number of benzene rings is 1. The van der Waals surface area contributed by atoms with Crippen molar-refractivity contribution >= 4 is 17.9 Å². The van der Waals surface area contributed by atoms with E-state index in [0.29, 0.717) is 17.5 Å². The number of nitrogens with one attached hydrogen (secondary N) is 1. The summed E-state index contributed by atoms with van der Waals surface area (Å²) in [6, 6.07) is 5.81. The first-order valence-electron chi connectivity index (χ1n) is 5.35. The molecule has 0 atom stereocenters. The minimum absolute atomic E-state index is 0.133. The highest BCUT2D eigenvalue weighted by Gasteiger charge is 2.21. The summed E-state index contributed by atoms with van der Waals surface area (Å²) in [7, 11) is 0. The van der Waals surface area contributed by atoms with Gasteiger partial charge in [0.25, 0.3) is 0 Å². The molecular formula is C13H8FNO3. The summed E-state index contributed by atoms with van der Waals surface area (Å²) in [5, 5.41) is 2.64. The Morgan fingerprint density at radius 1 is 1.33 bits per heavy atom. The van der Waals surface area contributed by atoms with E-state index in [1.807, 2.05) is 0 Å². The van der Waals surface area contributed by atoms with Crippen LogP contribution in [0.4, 0.5) is 10.1 Å². The second kappa shape index (κ2) is 3.80. The molecule has 1 aromatic carbocycles. The van der Waals surface area contributed by atoms with Crippen LogP contribution in [0.3, 0.4) is 0 Å². The van der Waals surface area contributed by atoms with E-state index in [1.54, 1.807) is 0 Å². The highest BCUT2D eigenvalue weighted by Crippen LogP contribution is 2.32. The molecule has 90 valence electrons. The third-order valence-electron chi connectivity index (χ3n) is 2.83. The van der Waals surface area contributed by atoms with Gasteiger partial charge in [0, 0.05) is 5.69 Å². The zero-order valence-corrected chi connectivity index (χ0v) is 9.20. The quantitative estimate of drug-likeness (QED) is 0.826. The first kappa shape index (κ1) is 10.7. The molecule has 0 unspecified atom stereocenters. The molecule has 0 aliphatic carbocycles. The van der Waals surface area contributed by atoms with Crippen LogP contribution in [0.1, 0.15) is 16.1 Å². The molecule has 0 radical (unpaired) electrons. The summed E-state index contributed by atoms with van der Waals surface area (Å²) >= 11 is 0. The molecular weight excluding hydrogens is 237 g/mol. The maximum absolute atomic E-state index is 13.9. The lowest BCUT2D eigenvalue weighted by atomic mass is 10.1. The second-order valence-corrected chi connectivity index (χ2v) is 4.03. The number of amides is 1. The third kappa shape index (κ3) is 1.60. The van der Waals surface area contributed by atoms with Crippen molar-refractivity contribution in [3.05, 3.63) is 41.4 Å². The van der Waals surface area contributed by atoms with Gasteiger partial charge in [0.15, 0.2) is 12.0 Å². The second-order valence-electron chi connectivity index (χ2n) is 4.03. The topological polar surface area (TPSA) is 59.3 Å². The SMILES string of the molecule is O=Cc1ccc(-c2cc3c(cc2F)CC(=O)N3)o1. The van der Waals surface area contributed by atoms with Crippen molar-refractivity contribution in [3.8, 4) is 11.3 Å². The van der Waals surface area contributed by atoms with E-state index in [9.17, 15) is 14.0 Å². The molecule has 18 heavy (non-hydrogen) atoms. The predicted molar refractivity (Wildman–Crippen MR) is 61.8 cm³/mol. The molecule has 0 bridgehead atoms. The first-order chi connectivity index (χ1) is 8.67. The van der Waals surface area contributed by atoms with Crippen LogP contribution in [0.2, 0.25) is 0 Å². The van der Waals surface area contributed by atoms with Crippen LogP contribution in [0.15, 0.2) is 28.7 Å². The van der Waals surface area contributed by atoms with Gasteiger partial charge < -0.3 is 9.73 Å². The van der Waals surface area contributed by atoms with E-state index in [2.05, 4.69) is 5.32 Å². The Morgan fingerprint density at radius 2 is 2.17 bits per heavy atom. The highest BCUT2D eigenvalue weighted by atomic mass is 19.1. The molecule has 1 aliphatic rings. The summed E-state index contributed by atoms with van der Waals surface area (Å²) in [6.07, 6.45) is 0.737. The van der Waals surface area contributed by atoms with Gasteiger partial charge in [0.1, 0.15) is 11.6 Å². The molecule has 2 aromatic rings. The van der Waals surface area contributed by atoms with Crippen LogP contribution in [0, 0.1) is 5.82 Å². The Kier molecular flexibility index (Phi) is 2.26. The Bertz CT molecular complexity index is 660. The zero-order valence-electron chi connectivity index (χ0n) is 9.20. The Labute approximate surface area is 101 Å². The zero-order chi connectivity index (χ0) is 12.7. The highest BCUT2D eigenvalue weighted by molar-refractivity contribution is 5.99. The van der Waals surface area contributed by atoms with Gasteiger partial charge in [-0.15, -0.1) is 0 Å². The lowest BCUT2D eigenvalue weighted by Crippen LogP contribution is -2.03. The third-order valence-corrected chi connectivity index (χ3v) is 2.83. The minimum atomic E-state index is -0.475. The summed E-state index contributed by atoms with van der Waals surface area (Å²) in [4.78, 5) is 21.7. The van der Waals surface area contributed by atoms with E-state index < -0.39 is 5.82 Å². The van der Waals surface area contributed by atoms with Crippen LogP contribution >= 0.6 is 0 Å². The molecule has 1 aromatic heterocycles. The smallest absolute Gasteiger partial charge is 0.228 e. The largest absolute Gasteiger partial charge is 0.453 e. The van der Waals surface area contributed by atoms with Crippen molar-refractivity contribution in [1.82, 2.24) is 0 Å². The van der Waals surface area contributed by atoms with Gasteiger partial charge in [0.05, 0.1) is 12.0 Å². The fourth-order valence-electron chi connectivity index (χ4n) is 1.99. The standard InChI is InChI=1S/C13H8FNO3/c14-10-3-7-4-13(17)15-11(7)5-9(10)12-2-1-8(6-16)18-12/h1-3,5-6H,4H2,(H,15,17). The molecule has 5 heteroatoms. The molecule has 1 N–H and O–H groups in total. The molecule has 3 rings (SSSR count). The normalized spacial score (nSPS) is 13.3. The van der Waals surface area contributed by atoms with E-state index in [-0.39, 0.29) is 29.4 Å². The number of hydrogen-bond donors (Lipinski definition) is 1. The number of rotatable bonds is 2. The number of halogens is 1. The van der Waals surface area contributed by atoms with E-state index in [1.165, 1.54) is 24.3 Å². The number of hydrogen-bond acceptors (Lipinski definition) is 3. The van der Waals surface area contributed by atoms with Gasteiger partial charge in [-0.1, -0.05) is 0 Å². The van der Waals surface area contributed by atoms with Crippen LogP contribution in [0.25, 0.3) is 11.3 Å². The fraction of sp³-hybridized carbons (Fsp3) is 0.0769. The Hall–Kier alpha value is -2.43. The van der Waals surface area contributed by atoms with Crippen LogP contribution < -0.4 is 5.32 Å².